The number of carbonyl (C=O) groups excluding carboxylic acids is 2. The summed E-state index contributed by atoms with van der Waals surface area (Å²) in [6, 6.07) is 22.8. The number of hydrogen-bond donors (Lipinski definition) is 2. The lowest BCUT2D eigenvalue weighted by Gasteiger charge is -2.32. The minimum absolute atomic E-state index is 0.0545. The van der Waals surface area contributed by atoms with E-state index in [2.05, 4.69) is 27.7 Å². The summed E-state index contributed by atoms with van der Waals surface area (Å²) in [5.41, 5.74) is 1.21. The normalized spacial score (nSPS) is 17.5. The zero-order valence-electron chi connectivity index (χ0n) is 29.6. The van der Waals surface area contributed by atoms with E-state index in [9.17, 15) is 14.4 Å². The summed E-state index contributed by atoms with van der Waals surface area (Å²) in [6.07, 6.45) is 3.11. The Morgan fingerprint density at radius 3 is 2.33 bits per heavy atom. The average molecular weight is 704 g/mol. The number of halogens is 1. The van der Waals surface area contributed by atoms with Crippen LogP contribution >= 0.6 is 0 Å². The maximum atomic E-state index is 16.4. The van der Waals surface area contributed by atoms with Gasteiger partial charge in [-0.05, 0) is 74.6 Å². The largest absolute Gasteiger partial charge is 0.451 e. The number of rotatable bonds is 6. The van der Waals surface area contributed by atoms with Crippen molar-refractivity contribution in [1.82, 2.24) is 20.1 Å². The Morgan fingerprint density at radius 2 is 1.60 bits per heavy atom. The number of anilines is 1. The van der Waals surface area contributed by atoms with Crippen LogP contribution in [0.15, 0.2) is 83.8 Å². The molecule has 0 spiro atoms. The van der Waals surface area contributed by atoms with Crippen molar-refractivity contribution in [3.8, 4) is 17.2 Å². The van der Waals surface area contributed by atoms with E-state index in [4.69, 9.17) is 9.47 Å². The van der Waals surface area contributed by atoms with Crippen LogP contribution in [0.1, 0.15) is 56.0 Å². The molecule has 2 fully saturated rings. The van der Waals surface area contributed by atoms with Gasteiger partial charge in [0, 0.05) is 45.0 Å². The van der Waals surface area contributed by atoms with Gasteiger partial charge >= 0.3 is 6.09 Å². The summed E-state index contributed by atoms with van der Waals surface area (Å²) < 4.78 is 30.2. The van der Waals surface area contributed by atoms with Crippen LogP contribution in [-0.2, 0) is 11.3 Å². The number of hydrogen-bond acceptors (Lipinski definition) is 7. The number of pyridine rings is 1. The Balaban J connectivity index is 1.13. The number of carbonyl (C=O) groups is 2. The number of likely N-dealkylation sites (tertiary alicyclic amines) is 1. The van der Waals surface area contributed by atoms with Gasteiger partial charge in [0.05, 0.1) is 17.1 Å². The second kappa shape index (κ2) is 13.3. The van der Waals surface area contributed by atoms with E-state index in [0.29, 0.717) is 36.5 Å². The number of nitrogens with one attached hydrogen (secondary N) is 2. The molecule has 1 atom stereocenters. The maximum Gasteiger partial charge on any atom is 0.407 e. The highest BCUT2D eigenvalue weighted by atomic mass is 19.1. The van der Waals surface area contributed by atoms with E-state index >= 15 is 4.39 Å². The van der Waals surface area contributed by atoms with Crippen LogP contribution in [0.4, 0.5) is 14.9 Å². The van der Waals surface area contributed by atoms with Gasteiger partial charge in [-0.3, -0.25) is 14.5 Å². The fourth-order valence-corrected chi connectivity index (χ4v) is 7.64. The zero-order chi connectivity index (χ0) is 36.1. The van der Waals surface area contributed by atoms with Crippen LogP contribution < -0.4 is 25.7 Å². The molecule has 2 N–H and O–H groups in total. The monoisotopic (exact) mass is 703 g/mol. The summed E-state index contributed by atoms with van der Waals surface area (Å²) in [5.74, 6) is -0.447. The quantitative estimate of drug-likeness (QED) is 0.195. The molecule has 11 heteroatoms. The van der Waals surface area contributed by atoms with Crippen molar-refractivity contribution in [2.45, 2.75) is 64.3 Å². The van der Waals surface area contributed by atoms with Gasteiger partial charge in [-0.25, -0.2) is 9.18 Å². The first kappa shape index (κ1) is 33.7. The third-order valence-corrected chi connectivity index (χ3v) is 10.1. The fraction of sp³-hybridized carbons (Fsp3) is 0.341. The lowest BCUT2D eigenvalue weighted by Crippen LogP contribution is -2.45. The first-order valence-corrected chi connectivity index (χ1v) is 18.0. The van der Waals surface area contributed by atoms with Crippen molar-refractivity contribution in [3.05, 3.63) is 106 Å². The van der Waals surface area contributed by atoms with Gasteiger partial charge < -0.3 is 29.6 Å². The highest BCUT2D eigenvalue weighted by molar-refractivity contribution is 6.02. The van der Waals surface area contributed by atoms with Gasteiger partial charge in [-0.2, -0.15) is 0 Å². The number of piperidine rings is 1. The topological polar surface area (TPSA) is 105 Å². The molecule has 2 saturated heterocycles. The minimum Gasteiger partial charge on any atom is -0.451 e. The molecule has 4 heterocycles. The molecule has 3 aliphatic heterocycles. The first-order valence-electron chi connectivity index (χ1n) is 18.0. The van der Waals surface area contributed by atoms with Crippen LogP contribution in [0.5, 0.6) is 11.5 Å². The predicted molar refractivity (Wildman–Crippen MR) is 199 cm³/mol. The Labute approximate surface area is 301 Å². The summed E-state index contributed by atoms with van der Waals surface area (Å²) in [5, 5.41) is 7.95. The number of ether oxygens (including phenoxy) is 2. The van der Waals surface area contributed by atoms with Crippen LogP contribution in [0.2, 0.25) is 0 Å². The molecule has 10 nitrogen and oxygen atoms in total. The van der Waals surface area contributed by atoms with Crippen molar-refractivity contribution >= 4 is 39.4 Å². The number of aromatic nitrogens is 1. The smallest absolute Gasteiger partial charge is 0.407 e. The molecule has 8 rings (SSSR count). The molecule has 3 aliphatic rings. The third kappa shape index (κ3) is 6.56. The second-order valence-corrected chi connectivity index (χ2v) is 15.0. The number of fused-ring (bicyclic) bond motifs is 3. The second-order valence-electron chi connectivity index (χ2n) is 15.0. The van der Waals surface area contributed by atoms with E-state index < -0.39 is 28.8 Å². The molecule has 268 valence electrons. The molecule has 0 radical (unpaired) electrons. The SMILES string of the molecule is CC(C)(C)OC(=O)NC1CCN(c2c(F)cc3c(=O)c(C(=O)NC4CCN(Cc5ccccc5)CC4)cn4c3c2Oc2cc3ccccc3cc2-4)C1. The van der Waals surface area contributed by atoms with Crippen molar-refractivity contribution in [3.63, 3.8) is 0 Å². The molecule has 4 aromatic carbocycles. The standard InChI is InChI=1S/C41H42FN5O5/c1-41(2,3)52-40(50)44-29-15-18-46(23-29)36-32(42)21-30-35-38(36)51-34-20-27-12-8-7-11-26(27)19-33(34)47(35)24-31(37(30)48)39(49)43-28-13-16-45(17-14-28)22-25-9-5-4-6-10-25/h4-12,19-21,24,28-29H,13-18,22-23H2,1-3H3,(H,43,49)(H,44,50). The molecule has 5 aromatic rings. The highest BCUT2D eigenvalue weighted by Gasteiger charge is 2.35. The van der Waals surface area contributed by atoms with E-state index in [1.54, 1.807) is 31.5 Å². The van der Waals surface area contributed by atoms with Crippen LogP contribution in [0.3, 0.4) is 0 Å². The molecular weight excluding hydrogens is 661 g/mol. The fourth-order valence-electron chi connectivity index (χ4n) is 7.64. The molecule has 2 amide bonds. The van der Waals surface area contributed by atoms with E-state index in [1.807, 2.05) is 59.5 Å². The summed E-state index contributed by atoms with van der Waals surface area (Å²) in [6.45, 7) is 8.64. The van der Waals surface area contributed by atoms with Crippen molar-refractivity contribution in [2.24, 2.45) is 0 Å². The maximum absolute atomic E-state index is 16.4. The average Bonchev–Trinajstić information content (AvgIpc) is 3.56. The van der Waals surface area contributed by atoms with Crippen molar-refractivity contribution in [1.29, 1.82) is 0 Å². The van der Waals surface area contributed by atoms with E-state index in [1.165, 1.54) is 11.6 Å². The van der Waals surface area contributed by atoms with Gasteiger partial charge in [0.2, 0.25) is 5.43 Å². The third-order valence-electron chi connectivity index (χ3n) is 10.1. The van der Waals surface area contributed by atoms with Crippen LogP contribution in [0.25, 0.3) is 27.4 Å². The molecule has 1 unspecified atom stereocenters. The van der Waals surface area contributed by atoms with Gasteiger partial charge in [-0.15, -0.1) is 0 Å². The van der Waals surface area contributed by atoms with Gasteiger partial charge in [0.25, 0.3) is 5.91 Å². The van der Waals surface area contributed by atoms with E-state index in [0.717, 1.165) is 43.2 Å². The van der Waals surface area contributed by atoms with Gasteiger partial charge in [-0.1, -0.05) is 54.6 Å². The molecular formula is C41H42FN5O5. The van der Waals surface area contributed by atoms with Crippen molar-refractivity contribution in [2.75, 3.05) is 31.1 Å². The number of alkyl carbamates (subject to hydrolysis) is 1. The molecule has 1 aromatic heterocycles. The van der Waals surface area contributed by atoms with Crippen molar-refractivity contribution < 1.29 is 23.5 Å². The number of nitrogens with zero attached hydrogens (tertiary/aromatic N) is 3. The summed E-state index contributed by atoms with van der Waals surface area (Å²) in [7, 11) is 0. The van der Waals surface area contributed by atoms with Crippen LogP contribution in [-0.4, -0.2) is 65.3 Å². The first-order chi connectivity index (χ1) is 25.0. The van der Waals surface area contributed by atoms with Gasteiger partial charge in [0.1, 0.15) is 22.4 Å². The molecule has 0 bridgehead atoms. The lowest BCUT2D eigenvalue weighted by atomic mass is 10.0. The van der Waals surface area contributed by atoms with Crippen LogP contribution in [0, 0.1) is 5.82 Å². The zero-order valence-corrected chi connectivity index (χ0v) is 29.6. The Bertz CT molecular complexity index is 2260. The lowest BCUT2D eigenvalue weighted by molar-refractivity contribution is 0.0508. The van der Waals surface area contributed by atoms with Gasteiger partial charge in [0.15, 0.2) is 17.3 Å². The Morgan fingerprint density at radius 1 is 0.904 bits per heavy atom. The summed E-state index contributed by atoms with van der Waals surface area (Å²) >= 11 is 0. The predicted octanol–water partition coefficient (Wildman–Crippen LogP) is 6.89. The molecule has 0 saturated carbocycles. The van der Waals surface area contributed by atoms with E-state index in [-0.39, 0.29) is 34.5 Å². The minimum atomic E-state index is -0.651. The molecule has 0 aliphatic carbocycles. The number of amides is 2. The summed E-state index contributed by atoms with van der Waals surface area (Å²) in [4.78, 5) is 44.8. The highest BCUT2D eigenvalue weighted by Crippen LogP contribution is 2.48. The number of benzene rings is 4. The Kier molecular flexibility index (Phi) is 8.61. The molecule has 52 heavy (non-hydrogen) atoms. The Hall–Kier alpha value is -5.42.